The number of nitrogens with zero attached hydrogens (tertiary/aromatic N) is 3. The van der Waals surface area contributed by atoms with E-state index < -0.39 is 0 Å². The normalized spacial score (nSPS) is 11.4. The first-order valence-electron chi connectivity index (χ1n) is 6.83. The van der Waals surface area contributed by atoms with E-state index in [2.05, 4.69) is 29.2 Å². The lowest BCUT2D eigenvalue weighted by Gasteiger charge is -2.08. The van der Waals surface area contributed by atoms with Gasteiger partial charge in [0.25, 0.3) is 0 Å². The van der Waals surface area contributed by atoms with Crippen LogP contribution in [0.15, 0.2) is 18.5 Å². The lowest BCUT2D eigenvalue weighted by atomic mass is 10.3. The Kier molecular flexibility index (Phi) is 4.74. The van der Waals surface area contributed by atoms with Gasteiger partial charge in [-0.15, -0.1) is 0 Å². The number of aryl methyl sites for hydroxylation is 1. The predicted octanol–water partition coefficient (Wildman–Crippen LogP) is 2.65. The van der Waals surface area contributed by atoms with E-state index >= 15 is 0 Å². The van der Waals surface area contributed by atoms with Gasteiger partial charge >= 0.3 is 0 Å². The smallest absolute Gasteiger partial charge is 0.152 e. The zero-order valence-corrected chi connectivity index (χ0v) is 11.9. The molecule has 5 heteroatoms. The third-order valence-electron chi connectivity index (χ3n) is 2.83. The molecule has 0 aliphatic rings. The minimum atomic E-state index is 0.318. The molecule has 0 amide bonds. The van der Waals surface area contributed by atoms with Crippen LogP contribution in [0.2, 0.25) is 0 Å². The van der Waals surface area contributed by atoms with Crippen LogP contribution >= 0.6 is 0 Å². The van der Waals surface area contributed by atoms with Crippen LogP contribution in [0.1, 0.15) is 32.4 Å². The molecule has 2 heterocycles. The maximum atomic E-state index is 5.51. The van der Waals surface area contributed by atoms with Gasteiger partial charge in [-0.25, -0.2) is 9.50 Å². The maximum Gasteiger partial charge on any atom is 0.152 e. The molecule has 0 unspecified atom stereocenters. The summed E-state index contributed by atoms with van der Waals surface area (Å²) in [7, 11) is 0. The summed E-state index contributed by atoms with van der Waals surface area (Å²) in [6.07, 6.45) is 6.08. The molecule has 0 saturated heterocycles. The highest BCUT2D eigenvalue weighted by atomic mass is 16.5. The summed E-state index contributed by atoms with van der Waals surface area (Å²) < 4.78 is 7.36. The van der Waals surface area contributed by atoms with Crippen LogP contribution in [0, 0.1) is 6.92 Å². The molecule has 0 fully saturated rings. The highest BCUT2D eigenvalue weighted by Gasteiger charge is 2.04. The van der Waals surface area contributed by atoms with Crippen LogP contribution in [0.25, 0.3) is 5.52 Å². The Hall–Kier alpha value is -1.62. The Morgan fingerprint density at radius 3 is 3.00 bits per heavy atom. The van der Waals surface area contributed by atoms with E-state index in [4.69, 9.17) is 4.74 Å². The lowest BCUT2D eigenvalue weighted by molar-refractivity contribution is 0.0765. The number of hydrogen-bond acceptors (Lipinski definition) is 4. The van der Waals surface area contributed by atoms with Gasteiger partial charge in [-0.1, -0.05) is 0 Å². The van der Waals surface area contributed by atoms with Crippen molar-refractivity contribution in [3.8, 4) is 0 Å². The molecule has 0 saturated carbocycles. The Morgan fingerprint density at radius 1 is 1.37 bits per heavy atom. The van der Waals surface area contributed by atoms with Crippen molar-refractivity contribution in [1.29, 1.82) is 0 Å². The van der Waals surface area contributed by atoms with E-state index in [1.165, 1.54) is 0 Å². The summed E-state index contributed by atoms with van der Waals surface area (Å²) in [6, 6.07) is 2.04. The van der Waals surface area contributed by atoms with Crippen LogP contribution in [0.3, 0.4) is 0 Å². The van der Waals surface area contributed by atoms with E-state index in [-0.39, 0.29) is 0 Å². The molecule has 1 N–H and O–H groups in total. The van der Waals surface area contributed by atoms with Crippen molar-refractivity contribution in [1.82, 2.24) is 14.6 Å². The number of rotatable bonds is 7. The molecule has 0 radical (unpaired) electrons. The fourth-order valence-electron chi connectivity index (χ4n) is 1.93. The molecule has 0 bridgehead atoms. The van der Waals surface area contributed by atoms with Gasteiger partial charge in [0.05, 0.1) is 11.8 Å². The second-order valence-electron chi connectivity index (χ2n) is 4.94. The molecule has 0 aliphatic heterocycles. The molecule has 0 spiro atoms. The maximum absolute atomic E-state index is 5.51. The summed E-state index contributed by atoms with van der Waals surface area (Å²) in [5.41, 5.74) is 2.03. The molecule has 0 aliphatic carbocycles. The first-order valence-corrected chi connectivity index (χ1v) is 6.83. The minimum Gasteiger partial charge on any atom is -0.379 e. The van der Waals surface area contributed by atoms with Gasteiger partial charge in [-0.05, 0) is 39.7 Å². The zero-order valence-electron chi connectivity index (χ0n) is 11.9. The summed E-state index contributed by atoms with van der Waals surface area (Å²) in [4.78, 5) is 4.36. The Morgan fingerprint density at radius 2 is 2.21 bits per heavy atom. The van der Waals surface area contributed by atoms with Gasteiger partial charge in [0.1, 0.15) is 5.52 Å². The molecule has 2 rings (SSSR count). The molecule has 0 atom stereocenters. The number of fused-ring (bicyclic) bond motifs is 1. The quantitative estimate of drug-likeness (QED) is 0.779. The van der Waals surface area contributed by atoms with Gasteiger partial charge in [0.15, 0.2) is 5.82 Å². The highest BCUT2D eigenvalue weighted by molar-refractivity contribution is 5.67. The van der Waals surface area contributed by atoms with Crippen molar-refractivity contribution in [3.05, 3.63) is 24.2 Å². The van der Waals surface area contributed by atoms with Crippen LogP contribution in [-0.2, 0) is 4.74 Å². The van der Waals surface area contributed by atoms with Gasteiger partial charge < -0.3 is 10.1 Å². The first kappa shape index (κ1) is 13.8. The predicted molar refractivity (Wildman–Crippen MR) is 76.5 cm³/mol. The second-order valence-corrected chi connectivity index (χ2v) is 4.94. The number of anilines is 1. The molecule has 5 nitrogen and oxygen atoms in total. The van der Waals surface area contributed by atoms with Gasteiger partial charge in [-0.2, -0.15) is 5.10 Å². The van der Waals surface area contributed by atoms with Gasteiger partial charge in [0.2, 0.25) is 0 Å². The van der Waals surface area contributed by atoms with Crippen molar-refractivity contribution < 1.29 is 4.74 Å². The van der Waals surface area contributed by atoms with E-state index in [0.717, 1.165) is 43.0 Å². The summed E-state index contributed by atoms with van der Waals surface area (Å²) in [5.74, 6) is 0.896. The van der Waals surface area contributed by atoms with Gasteiger partial charge in [-0.3, -0.25) is 0 Å². The highest BCUT2D eigenvalue weighted by Crippen LogP contribution is 2.14. The van der Waals surface area contributed by atoms with Crippen molar-refractivity contribution in [3.63, 3.8) is 0 Å². The summed E-state index contributed by atoms with van der Waals surface area (Å²) in [6.45, 7) is 7.83. The van der Waals surface area contributed by atoms with Crippen LogP contribution in [0.5, 0.6) is 0 Å². The monoisotopic (exact) mass is 262 g/mol. The molecular formula is C14H22N4O. The van der Waals surface area contributed by atoms with Crippen molar-refractivity contribution in [2.24, 2.45) is 0 Å². The summed E-state index contributed by atoms with van der Waals surface area (Å²) >= 11 is 0. The fourth-order valence-corrected chi connectivity index (χ4v) is 1.93. The molecule has 0 aromatic carbocycles. The molecule has 104 valence electrons. The van der Waals surface area contributed by atoms with E-state index in [1.807, 2.05) is 23.7 Å². The third kappa shape index (κ3) is 3.92. The van der Waals surface area contributed by atoms with E-state index in [1.54, 1.807) is 6.20 Å². The molecular weight excluding hydrogens is 240 g/mol. The number of nitrogens with one attached hydrogen (secondary N) is 1. The SMILES string of the molecule is Cc1cc2c(NCCCCOC(C)C)nccn2n1. The number of ether oxygens (including phenoxy) is 1. The van der Waals surface area contributed by atoms with E-state index in [9.17, 15) is 0 Å². The van der Waals surface area contributed by atoms with E-state index in [0.29, 0.717) is 6.10 Å². The first-order chi connectivity index (χ1) is 9.16. The number of aromatic nitrogens is 3. The minimum absolute atomic E-state index is 0.318. The third-order valence-corrected chi connectivity index (χ3v) is 2.83. The molecule has 2 aromatic heterocycles. The van der Waals surface area contributed by atoms with Crippen molar-refractivity contribution >= 4 is 11.3 Å². The van der Waals surface area contributed by atoms with Crippen LogP contribution < -0.4 is 5.32 Å². The number of hydrogen-bond donors (Lipinski definition) is 1. The van der Waals surface area contributed by atoms with Crippen molar-refractivity contribution in [2.75, 3.05) is 18.5 Å². The Balaban J connectivity index is 1.81. The Labute approximate surface area is 114 Å². The van der Waals surface area contributed by atoms with Gasteiger partial charge in [0, 0.05) is 25.5 Å². The van der Waals surface area contributed by atoms with Crippen molar-refractivity contribution in [2.45, 2.75) is 39.7 Å². The zero-order chi connectivity index (χ0) is 13.7. The number of unbranched alkanes of at least 4 members (excludes halogenated alkanes) is 1. The second kappa shape index (κ2) is 6.52. The van der Waals surface area contributed by atoms with Crippen LogP contribution in [0.4, 0.5) is 5.82 Å². The standard InChI is InChI=1S/C14H22N4O/c1-11(2)19-9-5-4-6-15-14-13-10-12(3)17-18(13)8-7-16-14/h7-8,10-11H,4-6,9H2,1-3H3,(H,15,16). The molecule has 19 heavy (non-hydrogen) atoms. The molecule has 2 aromatic rings. The average Bonchev–Trinajstić information content (AvgIpc) is 2.74. The topological polar surface area (TPSA) is 51.5 Å². The fraction of sp³-hybridized carbons (Fsp3) is 0.571. The lowest BCUT2D eigenvalue weighted by Crippen LogP contribution is -2.08. The van der Waals surface area contributed by atoms with Crippen LogP contribution in [-0.4, -0.2) is 33.9 Å². The average molecular weight is 262 g/mol. The largest absolute Gasteiger partial charge is 0.379 e. The summed E-state index contributed by atoms with van der Waals surface area (Å²) in [5, 5.41) is 7.73. The Bertz CT molecular complexity index is 521.